The lowest BCUT2D eigenvalue weighted by atomic mass is 10.1. The van der Waals surface area contributed by atoms with Crippen molar-refractivity contribution in [3.8, 4) is 28.4 Å². The predicted molar refractivity (Wildman–Crippen MR) is 142 cm³/mol. The van der Waals surface area contributed by atoms with Crippen LogP contribution in [0.5, 0.6) is 17.2 Å². The minimum atomic E-state index is -4.87. The van der Waals surface area contributed by atoms with Crippen molar-refractivity contribution in [2.24, 2.45) is 0 Å². The fourth-order valence-corrected chi connectivity index (χ4v) is 6.17. The van der Waals surface area contributed by atoms with Gasteiger partial charge in [0.25, 0.3) is 10.1 Å². The van der Waals surface area contributed by atoms with Crippen LogP contribution in [0.4, 0.5) is 0 Å². The molecule has 4 aromatic rings. The summed E-state index contributed by atoms with van der Waals surface area (Å²) in [4.78, 5) is -0.961. The third-order valence-electron chi connectivity index (χ3n) is 5.63. The van der Waals surface area contributed by atoms with Gasteiger partial charge in [0.2, 0.25) is 9.84 Å². The van der Waals surface area contributed by atoms with Crippen LogP contribution in [0.2, 0.25) is 0 Å². The average molecular weight is 591 g/mol. The maximum Gasteiger partial charge on any atom is 0.298 e. The van der Waals surface area contributed by atoms with Crippen molar-refractivity contribution >= 4 is 32.0 Å². The normalized spacial score (nSPS) is 11.8. The fraction of sp³-hybridized carbons (Fsp3) is 0.0769. The molecule has 0 saturated carbocycles. The Bertz CT molecular complexity index is 1680. The molecule has 0 atom stereocenters. The van der Waals surface area contributed by atoms with Gasteiger partial charge >= 0.3 is 0 Å². The predicted octanol–water partition coefficient (Wildman–Crippen LogP) is 5.97. The van der Waals surface area contributed by atoms with E-state index >= 15 is 0 Å². The number of ether oxygens (including phenoxy) is 2. The minimum absolute atomic E-state index is 0.179. The molecule has 0 aromatic heterocycles. The second kappa shape index (κ2) is 11.8. The molecule has 204 valence electrons. The molecule has 10 nitrogen and oxygen atoms in total. The highest BCUT2D eigenvalue weighted by Crippen LogP contribution is 2.35. The number of sulfone groups is 1. The van der Waals surface area contributed by atoms with E-state index in [2.05, 4.69) is 9.37 Å². The number of rotatable bonds is 10. The van der Waals surface area contributed by atoms with Crippen LogP contribution in [0, 0.1) is 6.92 Å². The first kappa shape index (κ1) is 28.6. The van der Waals surface area contributed by atoms with Gasteiger partial charge in [-0.1, -0.05) is 35.4 Å². The lowest BCUT2D eigenvalue weighted by Crippen LogP contribution is -2.07. The molecule has 39 heavy (non-hydrogen) atoms. The third-order valence-corrected chi connectivity index (χ3v) is 9.01. The zero-order valence-corrected chi connectivity index (χ0v) is 22.9. The lowest BCUT2D eigenvalue weighted by molar-refractivity contribution is -0.432. The second-order valence-electron chi connectivity index (χ2n) is 8.10. The molecule has 0 saturated heterocycles. The molecule has 0 heterocycles. The molecular weight excluding hydrogens is 568 g/mol. The van der Waals surface area contributed by atoms with E-state index in [0.29, 0.717) is 28.3 Å². The zero-order valence-electron chi connectivity index (χ0n) is 20.5. The molecule has 0 spiro atoms. The third kappa shape index (κ3) is 6.59. The molecule has 13 heteroatoms. The molecular formula is C26H22O10S3. The Morgan fingerprint density at radius 3 is 1.87 bits per heavy atom. The summed E-state index contributed by atoms with van der Waals surface area (Å²) in [5, 5.41) is 12.0. The Morgan fingerprint density at radius 1 is 0.744 bits per heavy atom. The zero-order chi connectivity index (χ0) is 28.2. The van der Waals surface area contributed by atoms with Gasteiger partial charge in [0, 0.05) is 4.90 Å². The molecule has 4 aromatic carbocycles. The van der Waals surface area contributed by atoms with Crippen molar-refractivity contribution in [2.45, 2.75) is 26.5 Å². The summed E-state index contributed by atoms with van der Waals surface area (Å²) in [6.45, 7) is 1.69. The highest BCUT2D eigenvalue weighted by atomic mass is 32.2. The molecule has 0 amide bonds. The van der Waals surface area contributed by atoms with Crippen LogP contribution in [0.3, 0.4) is 0 Å². The Hall–Kier alpha value is -3.43. The summed E-state index contributed by atoms with van der Waals surface area (Å²) in [6, 6.07) is 21.4. The van der Waals surface area contributed by atoms with Gasteiger partial charge in [-0.2, -0.15) is 8.42 Å². The minimum Gasteiger partial charge on any atom is -0.497 e. The Morgan fingerprint density at radius 2 is 1.31 bits per heavy atom. The van der Waals surface area contributed by atoms with Crippen LogP contribution in [0.25, 0.3) is 11.1 Å². The lowest BCUT2D eigenvalue weighted by Gasteiger charge is -2.13. The molecule has 0 aliphatic carbocycles. The monoisotopic (exact) mass is 590 g/mol. The van der Waals surface area contributed by atoms with Gasteiger partial charge in [-0.15, -0.1) is 4.33 Å². The summed E-state index contributed by atoms with van der Waals surface area (Å²) in [7, 11) is -7.53. The first-order valence-electron chi connectivity index (χ1n) is 11.1. The quantitative estimate of drug-likeness (QED) is 0.0974. The van der Waals surface area contributed by atoms with Crippen molar-refractivity contribution in [3.63, 3.8) is 0 Å². The number of hydrogen-bond acceptors (Lipinski definition) is 10. The standard InChI is InChI=1S/C26H22O10S3/c1-17-3-12-22(15-25(17)37-36-35-27)38(28,29)23-13-14-24(26(16-23)39(30,31)32)34-21-10-6-19(7-11-21)18-4-8-20(33-2)9-5-18/h3-16,27H,1-2H3,(H,30,31,32). The smallest absolute Gasteiger partial charge is 0.298 e. The summed E-state index contributed by atoms with van der Waals surface area (Å²) in [6.07, 6.45) is 0. The topological polar surface area (TPSA) is 146 Å². The van der Waals surface area contributed by atoms with Crippen LogP contribution < -0.4 is 9.47 Å². The van der Waals surface area contributed by atoms with E-state index in [9.17, 15) is 21.4 Å². The first-order chi connectivity index (χ1) is 18.5. The molecule has 0 fully saturated rings. The summed E-state index contributed by atoms with van der Waals surface area (Å²) in [5.74, 6) is 0.718. The summed E-state index contributed by atoms with van der Waals surface area (Å²) >= 11 is 0.587. The number of aryl methyl sites for hydroxylation is 1. The van der Waals surface area contributed by atoms with E-state index in [-0.39, 0.29) is 16.4 Å². The van der Waals surface area contributed by atoms with Gasteiger partial charge in [0.15, 0.2) is 0 Å². The van der Waals surface area contributed by atoms with E-state index in [4.69, 9.17) is 14.7 Å². The van der Waals surface area contributed by atoms with Gasteiger partial charge in [-0.05, 0) is 78.2 Å². The highest BCUT2D eigenvalue weighted by molar-refractivity contribution is 7.94. The molecule has 4 rings (SSSR count). The first-order valence-corrected chi connectivity index (χ1v) is 14.7. The van der Waals surface area contributed by atoms with Crippen molar-refractivity contribution in [1.29, 1.82) is 0 Å². The Kier molecular flexibility index (Phi) is 8.61. The fourth-order valence-electron chi connectivity index (χ4n) is 3.59. The van der Waals surface area contributed by atoms with Crippen LogP contribution in [-0.4, -0.2) is 33.8 Å². The molecule has 0 unspecified atom stereocenters. The second-order valence-corrected chi connectivity index (χ2v) is 12.2. The Labute approximate surface area is 229 Å². The van der Waals surface area contributed by atoms with E-state index in [0.717, 1.165) is 23.3 Å². The van der Waals surface area contributed by atoms with Gasteiger partial charge < -0.3 is 9.47 Å². The highest BCUT2D eigenvalue weighted by Gasteiger charge is 2.25. The summed E-state index contributed by atoms with van der Waals surface area (Å²) < 4.78 is 76.0. The van der Waals surface area contributed by atoms with Gasteiger partial charge in [0.1, 0.15) is 22.1 Å². The maximum absolute atomic E-state index is 13.3. The van der Waals surface area contributed by atoms with Crippen molar-refractivity contribution < 1.29 is 45.5 Å². The van der Waals surface area contributed by atoms with E-state index < -0.39 is 29.7 Å². The van der Waals surface area contributed by atoms with Crippen LogP contribution in [0.15, 0.2) is 105 Å². The molecule has 0 aliphatic rings. The van der Waals surface area contributed by atoms with Crippen LogP contribution >= 0.6 is 12.0 Å². The number of methoxy groups -OCH3 is 1. The summed E-state index contributed by atoms with van der Waals surface area (Å²) in [5.41, 5.74) is 2.42. The molecule has 0 aliphatic heterocycles. The van der Waals surface area contributed by atoms with Gasteiger partial charge in [-0.3, -0.25) is 4.55 Å². The van der Waals surface area contributed by atoms with Crippen molar-refractivity contribution in [3.05, 3.63) is 90.5 Å². The van der Waals surface area contributed by atoms with Crippen LogP contribution in [-0.2, 0) is 29.3 Å². The molecule has 0 radical (unpaired) electrons. The largest absolute Gasteiger partial charge is 0.497 e. The van der Waals surface area contributed by atoms with Gasteiger partial charge in [-0.25, -0.2) is 13.7 Å². The number of hydrogen-bond donors (Lipinski definition) is 2. The maximum atomic E-state index is 13.3. The van der Waals surface area contributed by atoms with Crippen molar-refractivity contribution in [2.75, 3.05) is 7.11 Å². The van der Waals surface area contributed by atoms with Gasteiger partial charge in [0.05, 0.1) is 28.9 Å². The van der Waals surface area contributed by atoms with E-state index in [1.54, 1.807) is 38.3 Å². The molecule has 2 N–H and O–H groups in total. The molecule has 0 bridgehead atoms. The van der Waals surface area contributed by atoms with E-state index in [1.807, 2.05) is 24.3 Å². The van der Waals surface area contributed by atoms with E-state index in [1.165, 1.54) is 24.3 Å². The Balaban J connectivity index is 1.65. The average Bonchev–Trinajstić information content (AvgIpc) is 2.92. The van der Waals surface area contributed by atoms with Crippen LogP contribution in [0.1, 0.15) is 5.56 Å². The number of benzene rings is 4. The SMILES string of the molecule is COc1ccc(-c2ccc(Oc3ccc(S(=O)(=O)c4ccc(C)c(SOOO)c4)cc3S(=O)(=O)O)cc2)cc1. The van der Waals surface area contributed by atoms with Crippen molar-refractivity contribution in [1.82, 2.24) is 0 Å².